The monoisotopic (exact) mass is 280 g/mol. The van der Waals surface area contributed by atoms with Gasteiger partial charge in [-0.05, 0) is 23.0 Å². The first-order chi connectivity index (χ1) is 10.0. The fourth-order valence-corrected chi connectivity index (χ4v) is 3.33. The van der Waals surface area contributed by atoms with Gasteiger partial charge in [0.2, 0.25) is 0 Å². The maximum atomic E-state index is 2.44. The lowest BCUT2D eigenvalue weighted by molar-refractivity contribution is 0.251. The van der Waals surface area contributed by atoms with E-state index in [1.807, 2.05) is 0 Å². The molecule has 0 aromatic heterocycles. The largest absolute Gasteiger partial charge is 0.0654 e. The Kier molecular flexibility index (Phi) is 4.88. The van der Waals surface area contributed by atoms with E-state index in [2.05, 4.69) is 88.4 Å². The van der Waals surface area contributed by atoms with Crippen LogP contribution in [-0.2, 0) is 10.8 Å². The zero-order chi connectivity index (χ0) is 15.3. The second-order valence-corrected chi connectivity index (χ2v) is 6.79. The molecule has 0 heteroatoms. The molecule has 0 fully saturated rings. The van der Waals surface area contributed by atoms with Crippen molar-refractivity contribution in [1.29, 1.82) is 0 Å². The molecule has 0 saturated carbocycles. The molecule has 2 rings (SSSR count). The number of hydrogen-bond donors (Lipinski definition) is 0. The summed E-state index contributed by atoms with van der Waals surface area (Å²) in [5.41, 5.74) is 3.12. The summed E-state index contributed by atoms with van der Waals surface area (Å²) in [6.45, 7) is 9.50. The highest BCUT2D eigenvalue weighted by Crippen LogP contribution is 2.47. The molecule has 0 amide bonds. The molecule has 21 heavy (non-hydrogen) atoms. The summed E-state index contributed by atoms with van der Waals surface area (Å²) in [6, 6.07) is 22.0. The lowest BCUT2D eigenvalue weighted by Crippen LogP contribution is -2.42. The molecule has 1 atom stereocenters. The van der Waals surface area contributed by atoms with Gasteiger partial charge in [-0.3, -0.25) is 0 Å². The first kappa shape index (κ1) is 15.8. The second kappa shape index (κ2) is 6.47. The van der Waals surface area contributed by atoms with Crippen LogP contribution in [0.25, 0.3) is 0 Å². The fraction of sp³-hybridized carbons (Fsp3) is 0.429. The van der Waals surface area contributed by atoms with E-state index in [9.17, 15) is 0 Å². The summed E-state index contributed by atoms with van der Waals surface area (Å²) in [7, 11) is 0. The average Bonchev–Trinajstić information content (AvgIpc) is 2.54. The minimum atomic E-state index is 0.102. The third-order valence-corrected chi connectivity index (χ3v) is 5.32. The molecule has 0 nitrogen and oxygen atoms in total. The van der Waals surface area contributed by atoms with Crippen LogP contribution in [0.3, 0.4) is 0 Å². The second-order valence-electron chi connectivity index (χ2n) is 6.79. The molecule has 112 valence electrons. The minimum Gasteiger partial charge on any atom is -0.0654 e. The van der Waals surface area contributed by atoms with Crippen LogP contribution >= 0.6 is 0 Å². The van der Waals surface area contributed by atoms with Crippen LogP contribution in [0.2, 0.25) is 0 Å². The van der Waals surface area contributed by atoms with Crippen LogP contribution in [-0.4, -0.2) is 0 Å². The summed E-state index contributed by atoms with van der Waals surface area (Å²) in [5, 5.41) is 0. The Morgan fingerprint density at radius 1 is 0.714 bits per heavy atom. The summed E-state index contributed by atoms with van der Waals surface area (Å²) in [5.74, 6) is 0. The Bertz CT molecular complexity index is 539. The lowest BCUT2D eigenvalue weighted by atomic mass is 9.58. The van der Waals surface area contributed by atoms with Crippen molar-refractivity contribution >= 4 is 0 Å². The highest BCUT2D eigenvalue weighted by atomic mass is 14.5. The van der Waals surface area contributed by atoms with E-state index >= 15 is 0 Å². The Hall–Kier alpha value is -1.56. The van der Waals surface area contributed by atoms with Crippen LogP contribution in [0.1, 0.15) is 58.1 Å². The predicted octanol–water partition coefficient (Wildman–Crippen LogP) is 6.11. The molecule has 0 aliphatic rings. The van der Waals surface area contributed by atoms with Gasteiger partial charge in [0.25, 0.3) is 0 Å². The third-order valence-electron chi connectivity index (χ3n) is 5.32. The molecule has 0 bridgehead atoms. The topological polar surface area (TPSA) is 0 Å². The van der Waals surface area contributed by atoms with Crippen LogP contribution in [0, 0.1) is 0 Å². The van der Waals surface area contributed by atoms with Crippen molar-refractivity contribution in [2.45, 2.75) is 57.8 Å². The first-order valence-electron chi connectivity index (χ1n) is 8.13. The Morgan fingerprint density at radius 3 is 1.67 bits per heavy atom. The molecular weight excluding hydrogens is 252 g/mol. The zero-order valence-electron chi connectivity index (χ0n) is 13.9. The van der Waals surface area contributed by atoms with Gasteiger partial charge in [0.05, 0.1) is 0 Å². The van der Waals surface area contributed by atoms with Crippen LogP contribution < -0.4 is 0 Å². The molecule has 0 radical (unpaired) electrons. The summed E-state index contributed by atoms with van der Waals surface area (Å²) < 4.78 is 0. The highest BCUT2D eigenvalue weighted by molar-refractivity contribution is 5.36. The van der Waals surface area contributed by atoms with Crippen LogP contribution in [0.15, 0.2) is 60.7 Å². The van der Waals surface area contributed by atoms with Gasteiger partial charge in [-0.25, -0.2) is 0 Å². The Balaban J connectivity index is 2.49. The van der Waals surface area contributed by atoms with Crippen molar-refractivity contribution in [3.8, 4) is 0 Å². The van der Waals surface area contributed by atoms with Gasteiger partial charge in [-0.2, -0.15) is 0 Å². The zero-order valence-corrected chi connectivity index (χ0v) is 13.9. The first-order valence-corrected chi connectivity index (χ1v) is 8.13. The quantitative estimate of drug-likeness (QED) is 0.598. The van der Waals surface area contributed by atoms with Crippen molar-refractivity contribution in [2.24, 2.45) is 0 Å². The Morgan fingerprint density at radius 2 is 1.19 bits per heavy atom. The van der Waals surface area contributed by atoms with Gasteiger partial charge in [-0.15, -0.1) is 0 Å². The van der Waals surface area contributed by atoms with Gasteiger partial charge in [-0.1, -0.05) is 101 Å². The highest BCUT2D eigenvalue weighted by Gasteiger charge is 2.42. The summed E-state index contributed by atoms with van der Waals surface area (Å²) in [4.78, 5) is 0. The molecule has 0 unspecified atom stereocenters. The number of benzene rings is 2. The summed E-state index contributed by atoms with van der Waals surface area (Å²) in [6.07, 6.45) is 3.73. The SMILES string of the molecule is CCCC[C@](C)(c1ccccc1)C(C)(C)c1ccccc1. The van der Waals surface area contributed by atoms with E-state index in [4.69, 9.17) is 0 Å². The van der Waals surface area contributed by atoms with Gasteiger partial charge in [0.1, 0.15) is 0 Å². The van der Waals surface area contributed by atoms with E-state index < -0.39 is 0 Å². The molecule has 0 saturated heterocycles. The van der Waals surface area contributed by atoms with Crippen molar-refractivity contribution < 1.29 is 0 Å². The van der Waals surface area contributed by atoms with Crippen LogP contribution in [0.4, 0.5) is 0 Å². The van der Waals surface area contributed by atoms with Gasteiger partial charge >= 0.3 is 0 Å². The van der Waals surface area contributed by atoms with Crippen molar-refractivity contribution in [3.63, 3.8) is 0 Å². The van der Waals surface area contributed by atoms with Gasteiger partial charge in [0.15, 0.2) is 0 Å². The molecule has 0 aliphatic carbocycles. The van der Waals surface area contributed by atoms with Gasteiger partial charge < -0.3 is 0 Å². The smallest absolute Gasteiger partial charge is 0.00162 e. The minimum absolute atomic E-state index is 0.102. The van der Waals surface area contributed by atoms with E-state index in [1.54, 1.807) is 0 Å². The van der Waals surface area contributed by atoms with E-state index in [-0.39, 0.29) is 10.8 Å². The molecule has 0 heterocycles. The maximum Gasteiger partial charge on any atom is 0.00162 e. The third kappa shape index (κ3) is 3.05. The normalized spacial score (nSPS) is 14.7. The predicted molar refractivity (Wildman–Crippen MR) is 92.8 cm³/mol. The van der Waals surface area contributed by atoms with Crippen LogP contribution in [0.5, 0.6) is 0 Å². The number of hydrogen-bond acceptors (Lipinski definition) is 0. The van der Waals surface area contributed by atoms with Crippen molar-refractivity contribution in [2.75, 3.05) is 0 Å². The molecule has 0 spiro atoms. The van der Waals surface area contributed by atoms with Gasteiger partial charge in [0, 0.05) is 5.41 Å². The molecule has 0 aliphatic heterocycles. The molecule has 2 aromatic carbocycles. The van der Waals surface area contributed by atoms with E-state index in [0.717, 1.165) is 0 Å². The van der Waals surface area contributed by atoms with E-state index in [1.165, 1.54) is 30.4 Å². The number of unbranched alkanes of at least 4 members (excludes halogenated alkanes) is 1. The molecule has 2 aromatic rings. The lowest BCUT2D eigenvalue weighted by Gasteiger charge is -2.46. The average molecular weight is 280 g/mol. The maximum absolute atomic E-state index is 2.44. The standard InChI is InChI=1S/C21H28/c1-5-6-17-21(4,19-15-11-8-12-16-19)20(2,3)18-13-9-7-10-14-18/h7-16H,5-6,17H2,1-4H3/t21-/m1/s1. The van der Waals surface area contributed by atoms with Crippen molar-refractivity contribution in [1.82, 2.24) is 0 Å². The Labute approximate surface area is 130 Å². The molecule has 0 N–H and O–H groups in total. The van der Waals surface area contributed by atoms with Crippen molar-refractivity contribution in [3.05, 3.63) is 71.8 Å². The fourth-order valence-electron chi connectivity index (χ4n) is 3.33. The number of rotatable bonds is 6. The van der Waals surface area contributed by atoms with E-state index in [0.29, 0.717) is 0 Å². The molecular formula is C21H28. The summed E-state index contributed by atoms with van der Waals surface area (Å²) >= 11 is 0.